The van der Waals surface area contributed by atoms with E-state index in [2.05, 4.69) is 5.32 Å². The van der Waals surface area contributed by atoms with E-state index in [0.717, 1.165) is 34.2 Å². The maximum absolute atomic E-state index is 13.9. The molecule has 0 spiro atoms. The molecule has 4 rings (SSSR count). The van der Waals surface area contributed by atoms with Gasteiger partial charge in [-0.05, 0) is 43.2 Å². The lowest BCUT2D eigenvalue weighted by Gasteiger charge is -2.13. The summed E-state index contributed by atoms with van der Waals surface area (Å²) in [6, 6.07) is 14.8. The topological polar surface area (TPSA) is 51.5 Å². The van der Waals surface area contributed by atoms with Crippen molar-refractivity contribution in [2.45, 2.75) is 13.8 Å². The van der Waals surface area contributed by atoms with E-state index in [-0.39, 0.29) is 5.69 Å². The third-order valence-electron chi connectivity index (χ3n) is 5.29. The third-order valence-corrected chi connectivity index (χ3v) is 5.29. The number of fused-ring (bicyclic) bond motifs is 1. The number of aryl methyl sites for hydroxylation is 1. The second-order valence-corrected chi connectivity index (χ2v) is 7.42. The van der Waals surface area contributed by atoms with Crippen molar-refractivity contribution in [2.75, 3.05) is 12.4 Å². The molecule has 3 aromatic carbocycles. The third kappa shape index (κ3) is 3.99. The molecule has 0 atom stereocenters. The van der Waals surface area contributed by atoms with E-state index in [0.29, 0.717) is 22.5 Å². The smallest absolute Gasteiger partial charge is 0.248 e. The highest BCUT2D eigenvalue weighted by Gasteiger charge is 2.19. The predicted molar refractivity (Wildman–Crippen MR) is 122 cm³/mol. The molecule has 162 valence electrons. The molecule has 1 amide bonds. The van der Waals surface area contributed by atoms with Crippen LogP contribution >= 0.6 is 0 Å². The molecule has 4 aromatic rings. The minimum Gasteiger partial charge on any atom is -0.496 e. The molecule has 32 heavy (non-hydrogen) atoms. The minimum absolute atomic E-state index is 0.0970. The molecule has 1 heterocycles. The molecule has 0 aliphatic rings. The fraction of sp³-hybridized carbons (Fsp3) is 0.115. The standard InChI is InChI=1S/C26H21F2NO3/c1-15(11-24(30)29-23-10-9-18(27)12-22(23)28)19-13-20-21(17-7-5-4-6-8-17)14-32-26(20)16(2)25(19)31-3/h4-14H,1-3H3,(H,29,30)/b15-11+. The first-order chi connectivity index (χ1) is 15.4. The summed E-state index contributed by atoms with van der Waals surface area (Å²) in [5, 5.41) is 3.33. The van der Waals surface area contributed by atoms with E-state index >= 15 is 0 Å². The highest BCUT2D eigenvalue weighted by Crippen LogP contribution is 2.40. The van der Waals surface area contributed by atoms with Crippen molar-refractivity contribution in [2.24, 2.45) is 0 Å². The van der Waals surface area contributed by atoms with Crippen LogP contribution in [0.2, 0.25) is 0 Å². The van der Waals surface area contributed by atoms with Gasteiger partial charge in [-0.3, -0.25) is 4.79 Å². The van der Waals surface area contributed by atoms with Crippen LogP contribution in [0.5, 0.6) is 5.75 Å². The Bertz CT molecular complexity index is 1340. The lowest BCUT2D eigenvalue weighted by atomic mass is 9.96. The van der Waals surface area contributed by atoms with Crippen LogP contribution in [-0.4, -0.2) is 13.0 Å². The maximum atomic E-state index is 13.9. The number of amides is 1. The molecule has 1 aromatic heterocycles. The van der Waals surface area contributed by atoms with Gasteiger partial charge in [0, 0.05) is 34.2 Å². The summed E-state index contributed by atoms with van der Waals surface area (Å²) < 4.78 is 38.5. The summed E-state index contributed by atoms with van der Waals surface area (Å²) in [5.74, 6) is -1.51. The predicted octanol–water partition coefficient (Wildman–Crippen LogP) is 6.74. The van der Waals surface area contributed by atoms with Gasteiger partial charge in [0.2, 0.25) is 5.91 Å². The van der Waals surface area contributed by atoms with Crippen molar-refractivity contribution in [1.82, 2.24) is 0 Å². The number of halogens is 2. The largest absolute Gasteiger partial charge is 0.496 e. The number of allylic oxidation sites excluding steroid dienone is 1. The molecular weight excluding hydrogens is 412 g/mol. The van der Waals surface area contributed by atoms with Crippen molar-refractivity contribution in [3.05, 3.63) is 89.7 Å². The Labute approximate surface area is 184 Å². The van der Waals surface area contributed by atoms with Gasteiger partial charge in [-0.15, -0.1) is 0 Å². The van der Waals surface area contributed by atoms with Crippen LogP contribution in [0.15, 0.2) is 71.4 Å². The van der Waals surface area contributed by atoms with Crippen LogP contribution in [-0.2, 0) is 4.79 Å². The summed E-state index contributed by atoms with van der Waals surface area (Å²) >= 11 is 0. The van der Waals surface area contributed by atoms with Crippen molar-refractivity contribution in [3.8, 4) is 16.9 Å². The molecule has 0 radical (unpaired) electrons. The van der Waals surface area contributed by atoms with Crippen molar-refractivity contribution < 1.29 is 22.7 Å². The Hall–Kier alpha value is -3.93. The van der Waals surface area contributed by atoms with Gasteiger partial charge in [-0.1, -0.05) is 30.3 Å². The Kier molecular flexibility index (Phi) is 5.77. The number of rotatable bonds is 5. The number of carbonyl (C=O) groups excluding carboxylic acids is 1. The van der Waals surface area contributed by atoms with Crippen LogP contribution in [0.4, 0.5) is 14.5 Å². The van der Waals surface area contributed by atoms with Crippen molar-refractivity contribution in [3.63, 3.8) is 0 Å². The second-order valence-electron chi connectivity index (χ2n) is 7.42. The van der Waals surface area contributed by atoms with E-state index in [4.69, 9.17) is 9.15 Å². The van der Waals surface area contributed by atoms with Gasteiger partial charge in [0.1, 0.15) is 23.0 Å². The summed E-state index contributed by atoms with van der Waals surface area (Å²) in [5.41, 5.74) is 4.68. The van der Waals surface area contributed by atoms with Gasteiger partial charge in [-0.2, -0.15) is 0 Å². The Morgan fingerprint density at radius 3 is 2.53 bits per heavy atom. The molecule has 4 nitrogen and oxygen atoms in total. The number of anilines is 1. The molecule has 0 aliphatic carbocycles. The average Bonchev–Trinajstić information content (AvgIpc) is 3.20. The molecule has 1 N–H and O–H groups in total. The first kappa shape index (κ1) is 21.3. The molecule has 0 unspecified atom stereocenters. The van der Waals surface area contributed by atoms with Gasteiger partial charge in [0.25, 0.3) is 0 Å². The van der Waals surface area contributed by atoms with Crippen LogP contribution < -0.4 is 10.1 Å². The molecular formula is C26H21F2NO3. The van der Waals surface area contributed by atoms with Crippen LogP contribution in [0.1, 0.15) is 18.1 Å². The summed E-state index contributed by atoms with van der Waals surface area (Å²) in [7, 11) is 1.56. The number of methoxy groups -OCH3 is 1. The van der Waals surface area contributed by atoms with Crippen molar-refractivity contribution in [1.29, 1.82) is 0 Å². The highest BCUT2D eigenvalue weighted by molar-refractivity contribution is 6.06. The van der Waals surface area contributed by atoms with E-state index < -0.39 is 17.5 Å². The molecule has 0 aliphatic heterocycles. The summed E-state index contributed by atoms with van der Waals surface area (Å²) in [6.07, 6.45) is 3.06. The molecule has 0 bridgehead atoms. The fourth-order valence-corrected chi connectivity index (χ4v) is 3.75. The monoisotopic (exact) mass is 433 g/mol. The Morgan fingerprint density at radius 2 is 1.84 bits per heavy atom. The SMILES string of the molecule is COc1c(/C(C)=C/C(=O)Nc2ccc(F)cc2F)cc2c(-c3ccccc3)coc2c1C. The van der Waals surface area contributed by atoms with E-state index in [1.54, 1.807) is 20.3 Å². The summed E-state index contributed by atoms with van der Waals surface area (Å²) in [6.45, 7) is 3.66. The number of hydrogen-bond donors (Lipinski definition) is 1. The van der Waals surface area contributed by atoms with Crippen LogP contribution in [0.25, 0.3) is 27.7 Å². The van der Waals surface area contributed by atoms with Gasteiger partial charge in [-0.25, -0.2) is 8.78 Å². The lowest BCUT2D eigenvalue weighted by Crippen LogP contribution is -2.10. The Morgan fingerprint density at radius 1 is 1.09 bits per heavy atom. The molecule has 0 saturated heterocycles. The number of benzene rings is 3. The summed E-state index contributed by atoms with van der Waals surface area (Å²) in [4.78, 5) is 12.5. The van der Waals surface area contributed by atoms with E-state index in [1.807, 2.05) is 43.3 Å². The zero-order valence-corrected chi connectivity index (χ0v) is 17.8. The zero-order valence-electron chi connectivity index (χ0n) is 17.8. The van der Waals surface area contributed by atoms with Crippen molar-refractivity contribution >= 4 is 28.1 Å². The normalized spacial score (nSPS) is 11.6. The van der Waals surface area contributed by atoms with Gasteiger partial charge >= 0.3 is 0 Å². The minimum atomic E-state index is -0.842. The highest BCUT2D eigenvalue weighted by atomic mass is 19.1. The van der Waals surface area contributed by atoms with Gasteiger partial charge in [0.05, 0.1) is 19.1 Å². The fourth-order valence-electron chi connectivity index (χ4n) is 3.75. The van der Waals surface area contributed by atoms with E-state index in [1.165, 1.54) is 12.1 Å². The zero-order chi connectivity index (χ0) is 22.8. The number of carbonyl (C=O) groups is 1. The Balaban J connectivity index is 1.75. The number of nitrogens with one attached hydrogen (secondary N) is 1. The first-order valence-corrected chi connectivity index (χ1v) is 9.98. The van der Waals surface area contributed by atoms with Gasteiger partial charge in [0.15, 0.2) is 0 Å². The second kappa shape index (κ2) is 8.67. The van der Waals surface area contributed by atoms with Crippen LogP contribution in [0.3, 0.4) is 0 Å². The first-order valence-electron chi connectivity index (χ1n) is 9.98. The molecule has 0 saturated carbocycles. The van der Waals surface area contributed by atoms with E-state index in [9.17, 15) is 13.6 Å². The quantitative estimate of drug-likeness (QED) is 0.355. The van der Waals surface area contributed by atoms with Gasteiger partial charge < -0.3 is 14.5 Å². The maximum Gasteiger partial charge on any atom is 0.248 e. The molecule has 6 heteroatoms. The average molecular weight is 433 g/mol. The number of hydrogen-bond acceptors (Lipinski definition) is 3. The number of furan rings is 1. The van der Waals surface area contributed by atoms with Crippen LogP contribution in [0, 0.1) is 18.6 Å². The lowest BCUT2D eigenvalue weighted by molar-refractivity contribution is -0.111. The molecule has 0 fully saturated rings. The number of ether oxygens (including phenoxy) is 1.